The molecule has 3 aliphatic rings. The Bertz CT molecular complexity index is 2480. The Morgan fingerprint density at radius 1 is 0.931 bits per heavy atom. The highest BCUT2D eigenvalue weighted by molar-refractivity contribution is 7.13. The molecule has 2 amide bonds. The molecule has 9 rings (SSSR count). The topological polar surface area (TPSA) is 159 Å². The van der Waals surface area contributed by atoms with Gasteiger partial charge in [0, 0.05) is 36.0 Å². The van der Waals surface area contributed by atoms with E-state index in [0.717, 1.165) is 64.0 Å². The first kappa shape index (κ1) is 38.0. The molecule has 3 N–H and O–H groups in total. The van der Waals surface area contributed by atoms with E-state index in [9.17, 15) is 19.8 Å². The summed E-state index contributed by atoms with van der Waals surface area (Å²) in [6.07, 6.45) is 5.59. The average molecular weight is 797 g/mol. The molecule has 2 unspecified atom stereocenters. The Morgan fingerprint density at radius 2 is 1.69 bits per heavy atom. The number of nitrogens with zero attached hydrogens (tertiary/aromatic N) is 7. The molecule has 4 atom stereocenters. The van der Waals surface area contributed by atoms with Gasteiger partial charge < -0.3 is 20.4 Å². The zero-order valence-electron chi connectivity index (χ0n) is 33.1. The van der Waals surface area contributed by atoms with E-state index in [1.54, 1.807) is 28.2 Å². The molecule has 1 aliphatic heterocycles. The number of aromatic hydroxyl groups is 1. The maximum Gasteiger partial charge on any atom is 0.248 e. The van der Waals surface area contributed by atoms with Gasteiger partial charge in [-0.1, -0.05) is 67.6 Å². The molecule has 13 heteroatoms. The van der Waals surface area contributed by atoms with Gasteiger partial charge in [-0.15, -0.1) is 26.6 Å². The summed E-state index contributed by atoms with van der Waals surface area (Å²) in [6, 6.07) is 21.9. The zero-order chi connectivity index (χ0) is 40.3. The molecule has 2 aliphatic carbocycles. The van der Waals surface area contributed by atoms with Crippen LogP contribution in [0.4, 0.5) is 0 Å². The number of hydrogen-bond donors (Lipinski definition) is 3. The minimum Gasteiger partial charge on any atom is -0.507 e. The first-order chi connectivity index (χ1) is 27.9. The summed E-state index contributed by atoms with van der Waals surface area (Å²) in [7, 11) is 0. The summed E-state index contributed by atoms with van der Waals surface area (Å²) in [5, 5.41) is 43.0. The number of phenolic OH excluding ortho intramolecular Hbond substituents is 1. The molecule has 3 fully saturated rings. The Labute approximate surface area is 341 Å². The highest BCUT2D eigenvalue weighted by Gasteiger charge is 2.54. The second-order valence-corrected chi connectivity index (χ2v) is 18.0. The first-order valence-electron chi connectivity index (χ1n) is 20.2. The molecule has 0 radical (unpaired) electrons. The number of fused-ring (bicyclic) bond motifs is 1. The summed E-state index contributed by atoms with van der Waals surface area (Å²) < 4.78 is 1.67. The van der Waals surface area contributed by atoms with Crippen LogP contribution in [-0.2, 0) is 9.59 Å². The van der Waals surface area contributed by atoms with E-state index < -0.39 is 18.2 Å². The van der Waals surface area contributed by atoms with Crippen molar-refractivity contribution in [2.75, 3.05) is 6.54 Å². The molecule has 2 saturated carbocycles. The van der Waals surface area contributed by atoms with Crippen LogP contribution in [-0.4, -0.2) is 75.8 Å². The number of aromatic nitrogens is 6. The predicted octanol–water partition coefficient (Wildman–Crippen LogP) is 7.50. The van der Waals surface area contributed by atoms with Crippen molar-refractivity contribution in [3.63, 3.8) is 0 Å². The third kappa shape index (κ3) is 7.04. The largest absolute Gasteiger partial charge is 0.507 e. The maximum atomic E-state index is 14.3. The van der Waals surface area contributed by atoms with E-state index in [-0.39, 0.29) is 53.8 Å². The van der Waals surface area contributed by atoms with Crippen molar-refractivity contribution in [2.24, 2.45) is 11.3 Å². The number of amides is 2. The fraction of sp³-hybridized carbons (Fsp3) is 0.400. The number of aliphatic hydroxyl groups excluding tert-OH is 1. The van der Waals surface area contributed by atoms with Crippen LogP contribution < -0.4 is 5.32 Å². The van der Waals surface area contributed by atoms with Gasteiger partial charge in [0.2, 0.25) is 11.8 Å². The van der Waals surface area contributed by atoms with Crippen LogP contribution in [0.1, 0.15) is 99.3 Å². The zero-order valence-corrected chi connectivity index (χ0v) is 33.9. The smallest absolute Gasteiger partial charge is 0.248 e. The molecule has 3 aromatic carbocycles. The number of aryl methyl sites for hydroxylation is 1. The number of para-hydroxylation sites is 1. The quantitative estimate of drug-likeness (QED) is 0.128. The first-order valence-corrected chi connectivity index (χ1v) is 21.1. The maximum absolute atomic E-state index is 14.3. The van der Waals surface area contributed by atoms with Crippen molar-refractivity contribution < 1.29 is 19.8 Å². The molecule has 6 aromatic rings. The van der Waals surface area contributed by atoms with E-state index >= 15 is 0 Å². The molecule has 12 nitrogen and oxygen atoms in total. The van der Waals surface area contributed by atoms with Crippen LogP contribution in [0.15, 0.2) is 84.5 Å². The van der Waals surface area contributed by atoms with Gasteiger partial charge in [-0.3, -0.25) is 9.59 Å². The molecule has 4 heterocycles. The van der Waals surface area contributed by atoms with Crippen LogP contribution in [0.5, 0.6) is 5.75 Å². The lowest BCUT2D eigenvalue weighted by Gasteiger charge is -2.57. The number of thiazole rings is 1. The Morgan fingerprint density at radius 3 is 2.41 bits per heavy atom. The molecule has 1 spiro atoms. The summed E-state index contributed by atoms with van der Waals surface area (Å²) in [5.74, 6) is 0.295. The number of aliphatic hydroxyl groups is 1. The minimum atomic E-state index is -0.793. The van der Waals surface area contributed by atoms with E-state index in [1.165, 1.54) is 10.5 Å². The summed E-state index contributed by atoms with van der Waals surface area (Å²) in [6.45, 7) is 7.96. The van der Waals surface area contributed by atoms with Crippen LogP contribution in [0.25, 0.3) is 32.6 Å². The lowest BCUT2D eigenvalue weighted by molar-refractivity contribution is -0.142. The second kappa shape index (κ2) is 15.0. The van der Waals surface area contributed by atoms with Gasteiger partial charge in [0.15, 0.2) is 0 Å². The monoisotopic (exact) mass is 796 g/mol. The number of likely N-dealkylation sites (tertiary alicyclic amines) is 1. The fourth-order valence-corrected chi connectivity index (χ4v) is 10.4. The number of carbonyl (C=O) groups excluding carboxylic acids is 2. The fourth-order valence-electron chi connectivity index (χ4n) is 9.57. The molecule has 1 saturated heterocycles. The highest BCUT2D eigenvalue weighted by Crippen LogP contribution is 2.66. The van der Waals surface area contributed by atoms with Crippen LogP contribution in [0, 0.1) is 18.3 Å². The molecular formula is C45H48N8O4S. The van der Waals surface area contributed by atoms with Gasteiger partial charge in [-0.25, -0.2) is 9.67 Å². The van der Waals surface area contributed by atoms with Crippen LogP contribution in [0.2, 0.25) is 0 Å². The highest BCUT2D eigenvalue weighted by atomic mass is 32.1. The number of nitrogens with one attached hydrogen (secondary N) is 1. The third-order valence-corrected chi connectivity index (χ3v) is 13.7. The average Bonchev–Trinajstić information content (AvgIpc) is 3.94. The number of carbonyl (C=O) groups is 2. The number of hydrogen-bond acceptors (Lipinski definition) is 10. The van der Waals surface area contributed by atoms with Crippen LogP contribution in [0.3, 0.4) is 0 Å². The summed E-state index contributed by atoms with van der Waals surface area (Å²) >= 11 is 1.60. The lowest BCUT2D eigenvalue weighted by atomic mass is 9.47. The van der Waals surface area contributed by atoms with Gasteiger partial charge >= 0.3 is 0 Å². The lowest BCUT2D eigenvalue weighted by Crippen LogP contribution is -2.49. The Balaban J connectivity index is 0.816. The predicted molar refractivity (Wildman–Crippen MR) is 222 cm³/mol. The SMILES string of the molecule is Cc1ncsc1-c1ccc(C(C)NC(=O)[C@@H]2C[C@@H](O)CN2C(=O)C(C(C)C)n2cc(C3CC4(CC(c5ccc6cc(-c7ccccc7O)nnc6c5)C4)C3)nn2)cc1. The van der Waals surface area contributed by atoms with Crippen molar-refractivity contribution in [3.05, 3.63) is 107 Å². The second-order valence-electron chi connectivity index (χ2n) is 17.1. The van der Waals surface area contributed by atoms with E-state index in [0.29, 0.717) is 17.2 Å². The minimum absolute atomic E-state index is 0.0916. The van der Waals surface area contributed by atoms with Gasteiger partial charge in [-0.05, 0) is 97.7 Å². The molecule has 298 valence electrons. The van der Waals surface area contributed by atoms with Gasteiger partial charge in [0.05, 0.1) is 45.1 Å². The number of rotatable bonds is 10. The van der Waals surface area contributed by atoms with Crippen molar-refractivity contribution in [1.82, 2.24) is 40.4 Å². The Kier molecular flexibility index (Phi) is 9.84. The number of benzene rings is 3. The molecule has 58 heavy (non-hydrogen) atoms. The number of phenols is 1. The number of β-amino-alcohol motifs (C(OH)–C–C–N with tert-alkyl or cyclic N) is 1. The van der Waals surface area contributed by atoms with E-state index in [2.05, 4.69) is 49.0 Å². The van der Waals surface area contributed by atoms with Crippen molar-refractivity contribution >= 4 is 34.1 Å². The summed E-state index contributed by atoms with van der Waals surface area (Å²) in [5.41, 5.74) is 9.49. The third-order valence-electron chi connectivity index (χ3n) is 12.7. The van der Waals surface area contributed by atoms with Gasteiger partial charge in [0.25, 0.3) is 0 Å². The Hall–Kier alpha value is -5.53. The molecule has 3 aromatic heterocycles. The van der Waals surface area contributed by atoms with Crippen molar-refractivity contribution in [1.29, 1.82) is 0 Å². The standard InChI is InChI=1S/C45H48N8O4S/c1-25(2)41(44(57)52-22-34(54)17-39(52)43(56)47-26(3)28-9-11-29(12-10-28)42-27(4)46-24-58-42)53-23-38(50-51-53)33-20-45(21-33)18-32(19-45)30-13-14-31-16-37(49-48-36(31)15-30)35-7-5-6-8-40(35)55/h5-16,23-26,32-34,39,41,54-55H,17-22H2,1-4H3,(H,47,56)/t26?,32?,33?,34-,39+,41?,45?/m1/s1. The van der Waals surface area contributed by atoms with Gasteiger partial charge in [0.1, 0.15) is 17.8 Å². The summed E-state index contributed by atoms with van der Waals surface area (Å²) in [4.78, 5) is 35.0. The van der Waals surface area contributed by atoms with Crippen molar-refractivity contribution in [2.45, 2.75) is 95.9 Å². The normalized spacial score (nSPS) is 23.8. The molecular weight excluding hydrogens is 749 g/mol. The van der Waals surface area contributed by atoms with Gasteiger partial charge in [-0.2, -0.15) is 0 Å². The molecule has 0 bridgehead atoms. The van der Waals surface area contributed by atoms with Crippen molar-refractivity contribution in [3.8, 4) is 27.4 Å². The van der Waals surface area contributed by atoms with E-state index in [1.807, 2.05) is 81.9 Å². The van der Waals surface area contributed by atoms with E-state index in [4.69, 9.17) is 0 Å². The van der Waals surface area contributed by atoms with Crippen LogP contribution >= 0.6 is 11.3 Å².